The van der Waals surface area contributed by atoms with Crippen LogP contribution in [0.15, 0.2) is 23.6 Å². The Bertz CT molecular complexity index is 851. The Hall–Kier alpha value is -2.61. The van der Waals surface area contributed by atoms with Crippen molar-refractivity contribution in [2.24, 2.45) is 0 Å². The number of hydrogen-bond donors (Lipinski definition) is 2. The van der Waals surface area contributed by atoms with Gasteiger partial charge in [-0.15, -0.1) is 11.3 Å². The Kier molecular flexibility index (Phi) is 6.51. The van der Waals surface area contributed by atoms with Gasteiger partial charge in [0.15, 0.2) is 6.61 Å². The number of carbonyl (C=O) groups is 3. The minimum absolute atomic E-state index is 0.115. The molecule has 0 unspecified atom stereocenters. The minimum atomic E-state index is -0.642. The van der Waals surface area contributed by atoms with E-state index in [0.717, 1.165) is 37.1 Å². The third-order valence-electron chi connectivity index (χ3n) is 4.97. The summed E-state index contributed by atoms with van der Waals surface area (Å²) in [6.45, 7) is 3.97. The summed E-state index contributed by atoms with van der Waals surface area (Å²) in [4.78, 5) is 37.2. The number of nitrogens with zero attached hydrogens (tertiary/aromatic N) is 1. The van der Waals surface area contributed by atoms with E-state index in [4.69, 9.17) is 4.74 Å². The fourth-order valence-corrected chi connectivity index (χ4v) is 4.17. The largest absolute Gasteiger partial charge is 0.452 e. The standard InChI is InChI=1S/C20H25N3O4S/c1-13-10-17(14(2)23(13)11-16-8-5-9-28-16)19(25)27-12-18(24)22-20(26)21-15-6-3-4-7-15/h5,8-10,15H,3-4,6-7,11-12H2,1-2H3,(H2,21,22,24,26). The van der Waals surface area contributed by atoms with Crippen LogP contribution in [0.2, 0.25) is 0 Å². The number of rotatable bonds is 6. The number of hydrogen-bond acceptors (Lipinski definition) is 5. The number of aryl methyl sites for hydroxylation is 1. The van der Waals surface area contributed by atoms with Crippen LogP contribution in [0.5, 0.6) is 0 Å². The van der Waals surface area contributed by atoms with Crippen molar-refractivity contribution in [2.45, 2.75) is 52.1 Å². The Morgan fingerprint density at radius 3 is 2.68 bits per heavy atom. The summed E-state index contributed by atoms with van der Waals surface area (Å²) in [5.74, 6) is -1.21. The molecule has 0 spiro atoms. The first kappa shape index (κ1) is 20.1. The molecule has 2 heterocycles. The second-order valence-electron chi connectivity index (χ2n) is 7.03. The van der Waals surface area contributed by atoms with Gasteiger partial charge in [0.25, 0.3) is 5.91 Å². The molecule has 1 fully saturated rings. The fraction of sp³-hybridized carbons (Fsp3) is 0.450. The van der Waals surface area contributed by atoms with Crippen molar-refractivity contribution in [1.29, 1.82) is 0 Å². The molecule has 3 amide bonds. The molecule has 28 heavy (non-hydrogen) atoms. The van der Waals surface area contributed by atoms with Crippen LogP contribution in [0.25, 0.3) is 0 Å². The summed E-state index contributed by atoms with van der Waals surface area (Å²) >= 11 is 1.66. The lowest BCUT2D eigenvalue weighted by molar-refractivity contribution is -0.123. The Morgan fingerprint density at radius 2 is 2.00 bits per heavy atom. The zero-order valence-electron chi connectivity index (χ0n) is 16.1. The van der Waals surface area contributed by atoms with E-state index < -0.39 is 24.5 Å². The molecule has 1 saturated carbocycles. The van der Waals surface area contributed by atoms with Gasteiger partial charge >= 0.3 is 12.0 Å². The highest BCUT2D eigenvalue weighted by molar-refractivity contribution is 7.09. The highest BCUT2D eigenvalue weighted by Gasteiger charge is 2.20. The molecule has 7 nitrogen and oxygen atoms in total. The van der Waals surface area contributed by atoms with Gasteiger partial charge in [0.2, 0.25) is 0 Å². The predicted molar refractivity (Wildman–Crippen MR) is 107 cm³/mol. The molecule has 150 valence electrons. The van der Waals surface area contributed by atoms with Gasteiger partial charge in [0.1, 0.15) is 0 Å². The molecule has 0 aromatic carbocycles. The van der Waals surface area contributed by atoms with E-state index in [0.29, 0.717) is 12.1 Å². The predicted octanol–water partition coefficient (Wildman–Crippen LogP) is 3.14. The molecule has 0 radical (unpaired) electrons. The first-order chi connectivity index (χ1) is 13.4. The second-order valence-corrected chi connectivity index (χ2v) is 8.06. The van der Waals surface area contributed by atoms with Gasteiger partial charge in [0.05, 0.1) is 12.1 Å². The number of esters is 1. The van der Waals surface area contributed by atoms with Crippen LogP contribution in [-0.4, -0.2) is 35.1 Å². The Balaban J connectivity index is 1.51. The molecule has 8 heteroatoms. The quantitative estimate of drug-likeness (QED) is 0.725. The zero-order valence-corrected chi connectivity index (χ0v) is 16.9. The monoisotopic (exact) mass is 403 g/mol. The SMILES string of the molecule is Cc1cc(C(=O)OCC(=O)NC(=O)NC2CCCC2)c(C)n1Cc1cccs1. The van der Waals surface area contributed by atoms with Crippen molar-refractivity contribution in [3.05, 3.63) is 45.4 Å². The second kappa shape index (κ2) is 9.05. The summed E-state index contributed by atoms with van der Waals surface area (Å²) in [5.41, 5.74) is 2.16. The topological polar surface area (TPSA) is 89.4 Å². The van der Waals surface area contributed by atoms with Crippen LogP contribution in [0.1, 0.15) is 52.3 Å². The van der Waals surface area contributed by atoms with Crippen LogP contribution in [0.3, 0.4) is 0 Å². The van der Waals surface area contributed by atoms with Crippen molar-refractivity contribution in [3.63, 3.8) is 0 Å². The van der Waals surface area contributed by atoms with Crippen molar-refractivity contribution < 1.29 is 19.1 Å². The number of urea groups is 1. The zero-order chi connectivity index (χ0) is 20.1. The van der Waals surface area contributed by atoms with Crippen LogP contribution in [-0.2, 0) is 16.1 Å². The molecule has 0 atom stereocenters. The van der Waals surface area contributed by atoms with Crippen LogP contribution in [0, 0.1) is 13.8 Å². The third kappa shape index (κ3) is 5.01. The van der Waals surface area contributed by atoms with Crippen molar-refractivity contribution in [2.75, 3.05) is 6.61 Å². The summed E-state index contributed by atoms with van der Waals surface area (Å²) < 4.78 is 7.14. The molecule has 0 saturated heterocycles. The van der Waals surface area contributed by atoms with Gasteiger partial charge < -0.3 is 14.6 Å². The summed E-state index contributed by atoms with van der Waals surface area (Å²) in [5, 5.41) is 6.97. The fourth-order valence-electron chi connectivity index (χ4n) is 3.47. The van der Waals surface area contributed by atoms with Crippen LogP contribution in [0.4, 0.5) is 4.79 Å². The molecule has 0 bridgehead atoms. The molecular formula is C20H25N3O4S. The average Bonchev–Trinajstić information content (AvgIpc) is 3.39. The van der Waals surface area contributed by atoms with Gasteiger partial charge in [-0.2, -0.15) is 0 Å². The van der Waals surface area contributed by atoms with E-state index in [9.17, 15) is 14.4 Å². The summed E-state index contributed by atoms with van der Waals surface area (Å²) in [6.07, 6.45) is 4.03. The molecule has 2 aromatic heterocycles. The lowest BCUT2D eigenvalue weighted by Gasteiger charge is -2.12. The van der Waals surface area contributed by atoms with E-state index in [1.807, 2.05) is 35.9 Å². The van der Waals surface area contributed by atoms with Gasteiger partial charge in [-0.05, 0) is 44.2 Å². The number of nitrogens with one attached hydrogen (secondary N) is 2. The van der Waals surface area contributed by atoms with Gasteiger partial charge in [-0.25, -0.2) is 9.59 Å². The van der Waals surface area contributed by atoms with Gasteiger partial charge in [-0.3, -0.25) is 10.1 Å². The molecule has 2 aromatic rings. The molecule has 0 aliphatic heterocycles. The number of thiophene rings is 1. The molecule has 3 rings (SSSR count). The summed E-state index contributed by atoms with van der Waals surface area (Å²) in [7, 11) is 0. The van der Waals surface area contributed by atoms with Crippen molar-refractivity contribution in [1.82, 2.24) is 15.2 Å². The van der Waals surface area contributed by atoms with E-state index in [1.54, 1.807) is 17.4 Å². The lowest BCUT2D eigenvalue weighted by Crippen LogP contribution is -2.45. The maximum absolute atomic E-state index is 12.4. The van der Waals surface area contributed by atoms with Gasteiger partial charge in [-0.1, -0.05) is 18.9 Å². The minimum Gasteiger partial charge on any atom is -0.452 e. The van der Waals surface area contributed by atoms with E-state index in [-0.39, 0.29) is 6.04 Å². The molecule has 1 aliphatic carbocycles. The first-order valence-corrected chi connectivity index (χ1v) is 10.3. The van der Waals surface area contributed by atoms with Crippen LogP contribution >= 0.6 is 11.3 Å². The Labute approximate surface area is 168 Å². The summed E-state index contributed by atoms with van der Waals surface area (Å²) in [6, 6.07) is 5.37. The number of aromatic nitrogens is 1. The number of amides is 3. The first-order valence-electron chi connectivity index (χ1n) is 9.40. The maximum atomic E-state index is 12.4. The Morgan fingerprint density at radius 1 is 1.25 bits per heavy atom. The smallest absolute Gasteiger partial charge is 0.340 e. The van der Waals surface area contributed by atoms with Crippen LogP contribution < -0.4 is 10.6 Å². The number of imide groups is 1. The molecular weight excluding hydrogens is 378 g/mol. The van der Waals surface area contributed by atoms with E-state index >= 15 is 0 Å². The van der Waals surface area contributed by atoms with Crippen molar-refractivity contribution >= 4 is 29.2 Å². The maximum Gasteiger partial charge on any atom is 0.340 e. The van der Waals surface area contributed by atoms with E-state index in [2.05, 4.69) is 10.6 Å². The third-order valence-corrected chi connectivity index (χ3v) is 5.83. The average molecular weight is 404 g/mol. The molecule has 2 N–H and O–H groups in total. The normalized spacial score (nSPS) is 14.1. The van der Waals surface area contributed by atoms with Gasteiger partial charge in [0, 0.05) is 22.3 Å². The van der Waals surface area contributed by atoms with E-state index in [1.165, 1.54) is 4.88 Å². The highest BCUT2D eigenvalue weighted by atomic mass is 32.1. The number of ether oxygens (including phenoxy) is 1. The van der Waals surface area contributed by atoms with Crippen molar-refractivity contribution in [3.8, 4) is 0 Å². The highest BCUT2D eigenvalue weighted by Crippen LogP contribution is 2.20. The molecule has 1 aliphatic rings. The number of carbonyl (C=O) groups excluding carboxylic acids is 3. The lowest BCUT2D eigenvalue weighted by atomic mass is 10.2.